The number of hydrogen-bond donors (Lipinski definition) is 1. The van der Waals surface area contributed by atoms with E-state index in [1.165, 1.54) is 5.56 Å². The van der Waals surface area contributed by atoms with Crippen LogP contribution in [0.3, 0.4) is 0 Å². The van der Waals surface area contributed by atoms with Gasteiger partial charge in [-0.05, 0) is 55.9 Å². The van der Waals surface area contributed by atoms with Crippen molar-refractivity contribution in [3.8, 4) is 5.75 Å². The molecule has 0 aromatic heterocycles. The van der Waals surface area contributed by atoms with Gasteiger partial charge in [0.2, 0.25) is 11.8 Å². The van der Waals surface area contributed by atoms with E-state index in [-0.39, 0.29) is 24.2 Å². The molecule has 1 unspecified atom stereocenters. The molecule has 6 nitrogen and oxygen atoms in total. The van der Waals surface area contributed by atoms with Gasteiger partial charge in [0, 0.05) is 31.7 Å². The fourth-order valence-corrected chi connectivity index (χ4v) is 3.47. The highest BCUT2D eigenvalue weighted by atomic mass is 16.5. The summed E-state index contributed by atoms with van der Waals surface area (Å²) in [5.74, 6) is 0.370. The van der Waals surface area contributed by atoms with Gasteiger partial charge in [0.25, 0.3) is 0 Å². The number of anilines is 1. The minimum Gasteiger partial charge on any atom is -0.492 e. The normalized spacial score (nSPS) is 16.2. The summed E-state index contributed by atoms with van der Waals surface area (Å²) in [6.07, 6.45) is 1.20. The predicted molar refractivity (Wildman–Crippen MR) is 119 cm³/mol. The number of nitrogens with zero attached hydrogens (tertiary/aromatic N) is 2. The minimum atomic E-state index is -0.331. The number of aryl methyl sites for hydroxylation is 1. The summed E-state index contributed by atoms with van der Waals surface area (Å²) in [6, 6.07) is 15.7. The Hall–Kier alpha value is -2.86. The molecule has 3 rings (SSSR count). The van der Waals surface area contributed by atoms with E-state index in [0.717, 1.165) is 30.0 Å². The van der Waals surface area contributed by atoms with Crippen LogP contribution in [0.2, 0.25) is 0 Å². The standard InChI is InChI=1S/C24H31N3O3/c1-4-18-8-10-21(11-9-18)27-17-20(15-23(27)28)24(29)25-16-19-6-5-7-22(14-19)30-13-12-26(2)3/h5-11,14,20H,4,12-13,15-17H2,1-3H3,(H,25,29). The molecule has 2 aromatic rings. The first-order chi connectivity index (χ1) is 14.5. The first-order valence-corrected chi connectivity index (χ1v) is 10.5. The summed E-state index contributed by atoms with van der Waals surface area (Å²) in [6.45, 7) is 4.39. The fourth-order valence-electron chi connectivity index (χ4n) is 3.47. The van der Waals surface area contributed by atoms with Crippen LogP contribution in [0.1, 0.15) is 24.5 Å². The zero-order chi connectivity index (χ0) is 21.5. The third kappa shape index (κ3) is 5.83. The van der Waals surface area contributed by atoms with E-state index < -0.39 is 0 Å². The number of hydrogen-bond acceptors (Lipinski definition) is 4. The van der Waals surface area contributed by atoms with E-state index in [9.17, 15) is 9.59 Å². The van der Waals surface area contributed by atoms with Crippen molar-refractivity contribution in [2.45, 2.75) is 26.3 Å². The van der Waals surface area contributed by atoms with Crippen molar-refractivity contribution in [2.24, 2.45) is 5.92 Å². The molecule has 0 aliphatic carbocycles. The molecular weight excluding hydrogens is 378 g/mol. The van der Waals surface area contributed by atoms with Crippen LogP contribution in [0.25, 0.3) is 0 Å². The smallest absolute Gasteiger partial charge is 0.227 e. The lowest BCUT2D eigenvalue weighted by molar-refractivity contribution is -0.126. The maximum Gasteiger partial charge on any atom is 0.227 e. The SMILES string of the molecule is CCc1ccc(N2CC(C(=O)NCc3cccc(OCCN(C)C)c3)CC2=O)cc1. The van der Waals surface area contributed by atoms with E-state index >= 15 is 0 Å². The molecule has 0 spiro atoms. The summed E-state index contributed by atoms with van der Waals surface area (Å²) in [4.78, 5) is 28.9. The number of benzene rings is 2. The molecule has 160 valence electrons. The number of nitrogens with one attached hydrogen (secondary N) is 1. The molecule has 1 heterocycles. The summed E-state index contributed by atoms with van der Waals surface area (Å²) in [5, 5.41) is 2.97. The second-order valence-corrected chi connectivity index (χ2v) is 7.94. The van der Waals surface area contributed by atoms with E-state index in [2.05, 4.69) is 17.1 Å². The van der Waals surface area contributed by atoms with E-state index in [4.69, 9.17) is 4.74 Å². The molecule has 6 heteroatoms. The molecule has 1 saturated heterocycles. The van der Waals surface area contributed by atoms with Crippen molar-refractivity contribution in [1.82, 2.24) is 10.2 Å². The maximum absolute atomic E-state index is 12.6. The third-order valence-electron chi connectivity index (χ3n) is 5.32. The summed E-state index contributed by atoms with van der Waals surface area (Å²) in [7, 11) is 4.01. The van der Waals surface area contributed by atoms with Crippen molar-refractivity contribution >= 4 is 17.5 Å². The lowest BCUT2D eigenvalue weighted by Crippen LogP contribution is -2.32. The first-order valence-electron chi connectivity index (χ1n) is 10.5. The molecule has 1 aliphatic rings. The molecule has 2 aromatic carbocycles. The Kier molecular flexibility index (Phi) is 7.46. The number of ether oxygens (including phenoxy) is 1. The summed E-state index contributed by atoms with van der Waals surface area (Å²) in [5.41, 5.74) is 3.06. The molecule has 2 amide bonds. The molecule has 0 radical (unpaired) electrons. The molecule has 0 bridgehead atoms. The van der Waals surface area contributed by atoms with Crippen LogP contribution in [0.4, 0.5) is 5.69 Å². The molecule has 1 N–H and O–H groups in total. The monoisotopic (exact) mass is 409 g/mol. The van der Waals surface area contributed by atoms with E-state index in [0.29, 0.717) is 19.7 Å². The quantitative estimate of drug-likeness (QED) is 0.692. The van der Waals surface area contributed by atoms with Gasteiger partial charge in [0.05, 0.1) is 5.92 Å². The number of carbonyl (C=O) groups excluding carboxylic acids is 2. The van der Waals surface area contributed by atoms with Crippen molar-refractivity contribution < 1.29 is 14.3 Å². The Labute approximate surface area is 178 Å². The van der Waals surface area contributed by atoms with Crippen LogP contribution < -0.4 is 15.0 Å². The van der Waals surface area contributed by atoms with Crippen LogP contribution >= 0.6 is 0 Å². The van der Waals surface area contributed by atoms with Crippen LogP contribution in [0.5, 0.6) is 5.75 Å². The summed E-state index contributed by atoms with van der Waals surface area (Å²) < 4.78 is 5.75. The van der Waals surface area contributed by atoms with Crippen molar-refractivity contribution in [2.75, 3.05) is 38.7 Å². The fraction of sp³-hybridized carbons (Fsp3) is 0.417. The Bertz CT molecular complexity index is 864. The Morgan fingerprint density at radius 1 is 1.17 bits per heavy atom. The van der Waals surface area contributed by atoms with Gasteiger partial charge in [-0.15, -0.1) is 0 Å². The average Bonchev–Trinajstić information content (AvgIpc) is 3.14. The van der Waals surface area contributed by atoms with Crippen molar-refractivity contribution in [1.29, 1.82) is 0 Å². The van der Waals surface area contributed by atoms with E-state index in [1.807, 2.05) is 62.6 Å². The van der Waals surface area contributed by atoms with Gasteiger partial charge in [0.15, 0.2) is 0 Å². The Balaban J connectivity index is 1.52. The maximum atomic E-state index is 12.6. The third-order valence-corrected chi connectivity index (χ3v) is 5.32. The molecule has 0 saturated carbocycles. The number of rotatable bonds is 9. The first kappa shape index (κ1) is 21.8. The largest absolute Gasteiger partial charge is 0.492 e. The van der Waals surface area contributed by atoms with Crippen LogP contribution in [0, 0.1) is 5.92 Å². The number of amides is 2. The summed E-state index contributed by atoms with van der Waals surface area (Å²) >= 11 is 0. The van der Waals surface area contributed by atoms with E-state index in [1.54, 1.807) is 4.90 Å². The van der Waals surface area contributed by atoms with Gasteiger partial charge in [0.1, 0.15) is 12.4 Å². The van der Waals surface area contributed by atoms with Crippen LogP contribution in [0.15, 0.2) is 48.5 Å². The van der Waals surface area contributed by atoms with Crippen molar-refractivity contribution in [3.05, 3.63) is 59.7 Å². The molecular formula is C24H31N3O3. The van der Waals surface area contributed by atoms with Crippen molar-refractivity contribution in [3.63, 3.8) is 0 Å². The van der Waals surface area contributed by atoms with Gasteiger partial charge in [-0.2, -0.15) is 0 Å². The molecule has 30 heavy (non-hydrogen) atoms. The zero-order valence-electron chi connectivity index (χ0n) is 18.1. The number of likely N-dealkylation sites (N-methyl/N-ethyl adjacent to an activating group) is 1. The Morgan fingerprint density at radius 3 is 2.63 bits per heavy atom. The predicted octanol–water partition coefficient (Wildman–Crippen LogP) is 2.86. The minimum absolute atomic E-state index is 0.00399. The van der Waals surface area contributed by atoms with Gasteiger partial charge >= 0.3 is 0 Å². The lowest BCUT2D eigenvalue weighted by atomic mass is 10.1. The highest BCUT2D eigenvalue weighted by Crippen LogP contribution is 2.26. The molecule has 1 atom stereocenters. The van der Waals surface area contributed by atoms with Gasteiger partial charge in [-0.25, -0.2) is 0 Å². The lowest BCUT2D eigenvalue weighted by Gasteiger charge is -2.17. The van der Waals surface area contributed by atoms with Gasteiger partial charge < -0.3 is 19.9 Å². The highest BCUT2D eigenvalue weighted by molar-refractivity contribution is 6.00. The Morgan fingerprint density at radius 2 is 1.93 bits per heavy atom. The average molecular weight is 410 g/mol. The van der Waals surface area contributed by atoms with Crippen LogP contribution in [-0.2, 0) is 22.6 Å². The zero-order valence-corrected chi connectivity index (χ0v) is 18.1. The van der Waals surface area contributed by atoms with Gasteiger partial charge in [-0.1, -0.05) is 31.2 Å². The molecule has 1 fully saturated rings. The highest BCUT2D eigenvalue weighted by Gasteiger charge is 2.34. The number of carbonyl (C=O) groups is 2. The topological polar surface area (TPSA) is 61.9 Å². The van der Waals surface area contributed by atoms with Crippen LogP contribution in [-0.4, -0.2) is 50.5 Å². The molecule has 1 aliphatic heterocycles. The second-order valence-electron chi connectivity index (χ2n) is 7.94. The van der Waals surface area contributed by atoms with Gasteiger partial charge in [-0.3, -0.25) is 9.59 Å². The second kappa shape index (κ2) is 10.3.